The number of aliphatic carboxylic acids is 1. The van der Waals surface area contributed by atoms with Crippen molar-refractivity contribution in [2.45, 2.75) is 56.8 Å². The maximum absolute atomic E-state index is 12.9. The summed E-state index contributed by atoms with van der Waals surface area (Å²) in [5, 5.41) is 16.5. The highest BCUT2D eigenvalue weighted by atomic mass is 16.4. The van der Waals surface area contributed by atoms with Crippen molar-refractivity contribution in [1.29, 1.82) is 0 Å². The van der Waals surface area contributed by atoms with Crippen LogP contribution in [0.1, 0.15) is 31.7 Å². The number of rotatable bonds is 15. The molecule has 0 radical (unpaired) electrons. The third kappa shape index (κ3) is 11.3. The largest absolute Gasteiger partial charge is 0.480 e. The first-order chi connectivity index (χ1) is 16.9. The number of amides is 4. The van der Waals surface area contributed by atoms with Crippen molar-refractivity contribution in [3.63, 3.8) is 0 Å². The Morgan fingerprint density at radius 3 is 2.08 bits per heavy atom. The van der Waals surface area contributed by atoms with E-state index in [2.05, 4.69) is 20.9 Å². The summed E-state index contributed by atoms with van der Waals surface area (Å²) >= 11 is 0. The molecule has 4 atom stereocenters. The number of hydrogen-bond acceptors (Lipinski definition) is 7. The summed E-state index contributed by atoms with van der Waals surface area (Å²) in [4.78, 5) is 64.3. The van der Waals surface area contributed by atoms with Crippen LogP contribution < -0.4 is 38.9 Å². The van der Waals surface area contributed by atoms with Crippen molar-refractivity contribution >= 4 is 35.6 Å². The molecular formula is C22H34N8O6. The zero-order chi connectivity index (χ0) is 27.3. The van der Waals surface area contributed by atoms with Gasteiger partial charge in [0.1, 0.15) is 18.1 Å². The van der Waals surface area contributed by atoms with Gasteiger partial charge < -0.3 is 44.0 Å². The van der Waals surface area contributed by atoms with Gasteiger partial charge in [-0.2, -0.15) is 0 Å². The number of primary amides is 1. The number of nitrogens with one attached hydrogen (secondary N) is 3. The molecule has 0 aliphatic heterocycles. The van der Waals surface area contributed by atoms with Crippen molar-refractivity contribution in [2.75, 3.05) is 6.54 Å². The number of carbonyl (C=O) groups excluding carboxylic acids is 4. The quantitative estimate of drug-likeness (QED) is 0.0685. The normalized spacial score (nSPS) is 13.8. The standard InChI is InChI=1S/C22H34N8O6/c1-12(28-19(33)14(23)8-5-9-27-22(25)26)18(32)29-15(10-13-6-3-2-4-7-13)20(34)30-16(21(35)36)11-17(24)31/h2-4,6-7,12,14-16H,5,8-11,23H2,1H3,(H2,24,31)(H,28,33)(H,29,32)(H,30,34)(H,35,36)(H4,25,26,27). The molecule has 1 rings (SSSR count). The molecule has 0 aliphatic carbocycles. The van der Waals surface area contributed by atoms with Gasteiger partial charge in [-0.25, -0.2) is 4.79 Å². The minimum Gasteiger partial charge on any atom is -0.480 e. The topological polar surface area (TPSA) is 258 Å². The number of carboxylic acids is 1. The molecular weight excluding hydrogens is 472 g/mol. The Morgan fingerprint density at radius 1 is 0.917 bits per heavy atom. The molecule has 12 N–H and O–H groups in total. The fourth-order valence-electron chi connectivity index (χ4n) is 3.07. The molecule has 0 fully saturated rings. The molecule has 198 valence electrons. The highest BCUT2D eigenvalue weighted by Gasteiger charge is 2.29. The lowest BCUT2D eigenvalue weighted by Gasteiger charge is -2.23. The molecule has 0 saturated carbocycles. The van der Waals surface area contributed by atoms with Gasteiger partial charge in [0.25, 0.3) is 0 Å². The smallest absolute Gasteiger partial charge is 0.326 e. The zero-order valence-electron chi connectivity index (χ0n) is 20.0. The molecule has 0 heterocycles. The van der Waals surface area contributed by atoms with E-state index in [1.807, 2.05) is 0 Å². The van der Waals surface area contributed by atoms with Gasteiger partial charge in [-0.1, -0.05) is 30.3 Å². The van der Waals surface area contributed by atoms with E-state index in [1.165, 1.54) is 6.92 Å². The highest BCUT2D eigenvalue weighted by Crippen LogP contribution is 2.06. The average molecular weight is 507 g/mol. The molecule has 0 bridgehead atoms. The summed E-state index contributed by atoms with van der Waals surface area (Å²) in [6.07, 6.45) is 0.113. The predicted molar refractivity (Wildman–Crippen MR) is 131 cm³/mol. The first-order valence-electron chi connectivity index (χ1n) is 11.2. The average Bonchev–Trinajstić information content (AvgIpc) is 2.80. The monoisotopic (exact) mass is 506 g/mol. The van der Waals surface area contributed by atoms with Crippen LogP contribution >= 0.6 is 0 Å². The van der Waals surface area contributed by atoms with Crippen LogP contribution in [0, 0.1) is 0 Å². The molecule has 0 aliphatic rings. The fourth-order valence-corrected chi connectivity index (χ4v) is 3.07. The third-order valence-electron chi connectivity index (χ3n) is 4.99. The maximum Gasteiger partial charge on any atom is 0.326 e. The van der Waals surface area contributed by atoms with E-state index >= 15 is 0 Å². The Morgan fingerprint density at radius 2 is 1.53 bits per heavy atom. The number of benzene rings is 1. The molecule has 0 saturated heterocycles. The van der Waals surface area contributed by atoms with Gasteiger partial charge in [-0.05, 0) is 25.3 Å². The van der Waals surface area contributed by atoms with Crippen molar-refractivity contribution in [1.82, 2.24) is 16.0 Å². The fraction of sp³-hybridized carbons (Fsp3) is 0.455. The van der Waals surface area contributed by atoms with Crippen molar-refractivity contribution in [3.8, 4) is 0 Å². The summed E-state index contributed by atoms with van der Waals surface area (Å²) in [6.45, 7) is 1.70. The lowest BCUT2D eigenvalue weighted by atomic mass is 10.0. The van der Waals surface area contributed by atoms with E-state index in [1.54, 1.807) is 30.3 Å². The Kier molecular flexibility index (Phi) is 12.4. The Balaban J connectivity index is 2.84. The van der Waals surface area contributed by atoms with Gasteiger partial charge >= 0.3 is 5.97 Å². The predicted octanol–water partition coefficient (Wildman–Crippen LogP) is -2.96. The molecule has 14 nitrogen and oxygen atoms in total. The first-order valence-corrected chi connectivity index (χ1v) is 11.2. The number of carbonyl (C=O) groups is 5. The lowest BCUT2D eigenvalue weighted by molar-refractivity contribution is -0.143. The second-order valence-corrected chi connectivity index (χ2v) is 8.11. The number of aliphatic imine (C=N–C) groups is 1. The minimum absolute atomic E-state index is 0.0201. The summed E-state index contributed by atoms with van der Waals surface area (Å²) in [5.41, 5.74) is 22.1. The molecule has 1 aromatic carbocycles. The van der Waals surface area contributed by atoms with Crippen LogP contribution in [0.25, 0.3) is 0 Å². The van der Waals surface area contributed by atoms with Gasteiger partial charge in [0.05, 0.1) is 12.5 Å². The van der Waals surface area contributed by atoms with E-state index in [4.69, 9.17) is 22.9 Å². The minimum atomic E-state index is -1.57. The third-order valence-corrected chi connectivity index (χ3v) is 4.99. The molecule has 14 heteroatoms. The van der Waals surface area contributed by atoms with Gasteiger partial charge in [0.2, 0.25) is 23.6 Å². The molecule has 36 heavy (non-hydrogen) atoms. The highest BCUT2D eigenvalue weighted by molar-refractivity contribution is 5.94. The summed E-state index contributed by atoms with van der Waals surface area (Å²) in [7, 11) is 0. The van der Waals surface area contributed by atoms with Crippen LogP contribution in [0.3, 0.4) is 0 Å². The first kappa shape index (κ1) is 29.8. The van der Waals surface area contributed by atoms with Gasteiger partial charge in [0.15, 0.2) is 5.96 Å². The SMILES string of the molecule is CC(NC(=O)C(N)CCCN=C(N)N)C(=O)NC(Cc1ccccc1)C(=O)NC(CC(N)=O)C(=O)O. The number of nitrogens with zero attached hydrogens (tertiary/aromatic N) is 1. The van der Waals surface area contributed by atoms with Crippen LogP contribution in [-0.4, -0.2) is 71.4 Å². The van der Waals surface area contributed by atoms with Crippen LogP contribution in [0.15, 0.2) is 35.3 Å². The van der Waals surface area contributed by atoms with Gasteiger partial charge in [-0.3, -0.25) is 24.2 Å². The molecule has 1 aromatic rings. The van der Waals surface area contributed by atoms with Crippen molar-refractivity contribution in [2.24, 2.45) is 27.9 Å². The number of guanidine groups is 1. The molecule has 4 unspecified atom stereocenters. The summed E-state index contributed by atoms with van der Waals surface area (Å²) in [5.74, 6) is -4.57. The molecule has 0 spiro atoms. The van der Waals surface area contributed by atoms with Crippen LogP contribution in [0.4, 0.5) is 0 Å². The van der Waals surface area contributed by atoms with Gasteiger partial charge in [0, 0.05) is 13.0 Å². The zero-order valence-corrected chi connectivity index (χ0v) is 20.0. The van der Waals surface area contributed by atoms with Crippen molar-refractivity contribution in [3.05, 3.63) is 35.9 Å². The lowest BCUT2D eigenvalue weighted by Crippen LogP contribution is -2.57. The Hall–Kier alpha value is -4.20. The van der Waals surface area contributed by atoms with Crippen LogP contribution in [0.5, 0.6) is 0 Å². The number of carboxylic acid groups (broad SMARTS) is 1. The number of hydrogen-bond donors (Lipinski definition) is 8. The van der Waals surface area contributed by atoms with E-state index in [0.717, 1.165) is 0 Å². The number of nitrogens with two attached hydrogens (primary N) is 4. The van der Waals surface area contributed by atoms with Gasteiger partial charge in [-0.15, -0.1) is 0 Å². The van der Waals surface area contributed by atoms with Crippen LogP contribution in [-0.2, 0) is 30.4 Å². The van der Waals surface area contributed by atoms with Crippen LogP contribution in [0.2, 0.25) is 0 Å². The van der Waals surface area contributed by atoms with E-state index < -0.39 is 60.2 Å². The summed E-state index contributed by atoms with van der Waals surface area (Å²) in [6, 6.07) is 3.92. The van der Waals surface area contributed by atoms with E-state index in [-0.39, 0.29) is 18.8 Å². The summed E-state index contributed by atoms with van der Waals surface area (Å²) < 4.78 is 0. The molecule has 4 amide bonds. The van der Waals surface area contributed by atoms with E-state index in [9.17, 15) is 29.1 Å². The second-order valence-electron chi connectivity index (χ2n) is 8.11. The Labute approximate surface area is 208 Å². The van der Waals surface area contributed by atoms with E-state index in [0.29, 0.717) is 18.5 Å². The van der Waals surface area contributed by atoms with Crippen molar-refractivity contribution < 1.29 is 29.1 Å². The molecule has 0 aromatic heterocycles. The second kappa shape index (κ2) is 14.9. The Bertz CT molecular complexity index is 951. The maximum atomic E-state index is 12.9.